The van der Waals surface area contributed by atoms with E-state index >= 15 is 0 Å². The molecular formula is C51H67Br2LiN2O10S2. The molecular weight excluding hydrogens is 1030 g/mol. The number of halogens is 2. The Hall–Kier alpha value is -1.74. The van der Waals surface area contributed by atoms with Crippen LogP contribution in [0, 0.1) is 58.2 Å². The van der Waals surface area contributed by atoms with Crippen LogP contribution in [0.15, 0.2) is 67.3 Å². The van der Waals surface area contributed by atoms with Gasteiger partial charge in [-0.3, -0.25) is 19.2 Å². The molecule has 0 amide bonds. The van der Waals surface area contributed by atoms with Crippen LogP contribution in [0.4, 0.5) is 0 Å². The minimum atomic E-state index is -3.87. The van der Waals surface area contributed by atoms with Gasteiger partial charge in [0.05, 0.1) is 26.3 Å². The van der Waals surface area contributed by atoms with E-state index in [4.69, 9.17) is 0 Å². The molecule has 2 aromatic rings. The monoisotopic (exact) mass is 1100 g/mol. The molecule has 12 nitrogen and oxygen atoms in total. The number of carboxylic acid groups (broad SMARTS) is 1. The molecule has 10 saturated carbocycles. The van der Waals surface area contributed by atoms with Crippen LogP contribution in [0.5, 0.6) is 0 Å². The van der Waals surface area contributed by atoms with Gasteiger partial charge in [0.25, 0.3) is 0 Å². The summed E-state index contributed by atoms with van der Waals surface area (Å²) in [5, 5.41) is 9.90. The van der Waals surface area contributed by atoms with Gasteiger partial charge in [-0.2, -0.15) is 9.44 Å². The number of ketones is 3. The second kappa shape index (κ2) is 20.6. The summed E-state index contributed by atoms with van der Waals surface area (Å²) in [6.45, 7) is 1.75. The van der Waals surface area contributed by atoms with E-state index in [-0.39, 0.29) is 74.8 Å². The summed E-state index contributed by atoms with van der Waals surface area (Å²) in [6.07, 6.45) is 17.7. The molecule has 12 rings (SSSR count). The number of carbonyl (C=O) groups is 4. The predicted octanol–water partition coefficient (Wildman–Crippen LogP) is 7.16. The fourth-order valence-electron chi connectivity index (χ4n) is 15.6. The summed E-state index contributed by atoms with van der Waals surface area (Å²) in [4.78, 5) is 52.7. The zero-order valence-electron chi connectivity index (χ0n) is 39.5. The Morgan fingerprint density at radius 3 is 1.25 bits per heavy atom. The second-order valence-corrected chi connectivity index (χ2v) is 27.3. The molecule has 4 unspecified atom stereocenters. The van der Waals surface area contributed by atoms with E-state index in [9.17, 15) is 41.1 Å². The number of rotatable bonds is 14. The number of nitrogens with one attached hydrogen (secondary N) is 2. The van der Waals surface area contributed by atoms with Crippen LogP contribution in [-0.2, 0) is 39.2 Å². The fourth-order valence-corrected chi connectivity index (χ4v) is 20.5. The van der Waals surface area contributed by atoms with Gasteiger partial charge in [0.2, 0.25) is 20.0 Å². The van der Waals surface area contributed by atoms with Crippen molar-refractivity contribution in [1.82, 2.24) is 9.44 Å². The zero-order chi connectivity index (χ0) is 46.9. The van der Waals surface area contributed by atoms with E-state index in [1.807, 2.05) is 0 Å². The van der Waals surface area contributed by atoms with Gasteiger partial charge in [-0.15, -0.1) is 0 Å². The number of benzene rings is 2. The standard InChI is InChI=1S/C26H34BrNO4S.C25H32BrNO5S.Li.H2O/c1-17(29)25-14-18-11-19(15-25)21(20(12-18)16-25)13-24(30)26(9-5-2-6-10-26)28-33(31,32)23-8-4-3-7-22(23)27;26-20-6-2-3-7-21(20)33(31,32)27-25(8-4-1-5-9-25)22(28)12-19-17-10-16-11-18(19)15-24(13-16,14-17)23(29)30;;/h3-4,7-8,18-21,28H,2,5-6,9-16H2,1H3;2-3,6-7,16-19,27H,1,4-5,8-15H2,(H,29,30);;1H2/q;;+1;/p-1. The van der Waals surface area contributed by atoms with Crippen LogP contribution in [0.1, 0.15) is 148 Å². The number of Topliss-reactive ketones (excluding diaryl/α,β-unsaturated/α-hetero) is 3. The van der Waals surface area contributed by atoms with E-state index < -0.39 is 42.5 Å². The summed E-state index contributed by atoms with van der Waals surface area (Å²) in [6, 6.07) is 13.5. The van der Waals surface area contributed by atoms with Crippen molar-refractivity contribution in [2.75, 3.05) is 0 Å². The van der Waals surface area contributed by atoms with E-state index in [1.54, 1.807) is 55.5 Å². The van der Waals surface area contributed by atoms with Gasteiger partial charge in [0.15, 0.2) is 11.6 Å². The molecule has 4 atom stereocenters. The molecule has 10 fully saturated rings. The third-order valence-corrected chi connectivity index (χ3v) is 23.5. The Bertz CT molecular complexity index is 2270. The second-order valence-electron chi connectivity index (χ2n) is 22.3. The van der Waals surface area contributed by atoms with Crippen LogP contribution in [0.25, 0.3) is 0 Å². The molecule has 0 aliphatic heterocycles. The molecule has 68 heavy (non-hydrogen) atoms. The van der Waals surface area contributed by atoms with E-state index in [0.717, 1.165) is 89.9 Å². The van der Waals surface area contributed by atoms with Crippen molar-refractivity contribution in [1.29, 1.82) is 0 Å². The molecule has 10 aliphatic carbocycles. The Labute approximate surface area is 431 Å². The minimum Gasteiger partial charge on any atom is -0.870 e. The van der Waals surface area contributed by atoms with Gasteiger partial charge in [-0.25, -0.2) is 16.8 Å². The van der Waals surface area contributed by atoms with Gasteiger partial charge in [-0.05, 0) is 200 Å². The summed E-state index contributed by atoms with van der Waals surface area (Å²) in [5.74, 6) is 2.63. The molecule has 0 aromatic heterocycles. The molecule has 0 heterocycles. The first-order valence-electron chi connectivity index (χ1n) is 24.7. The van der Waals surface area contributed by atoms with Gasteiger partial charge >= 0.3 is 24.8 Å². The first-order chi connectivity index (χ1) is 31.3. The van der Waals surface area contributed by atoms with E-state index in [1.165, 1.54) is 0 Å². The van der Waals surface area contributed by atoms with Gasteiger partial charge in [0, 0.05) is 27.2 Å². The maximum atomic E-state index is 13.9. The van der Waals surface area contributed by atoms with Crippen molar-refractivity contribution in [3.8, 4) is 0 Å². The Morgan fingerprint density at radius 1 is 0.574 bits per heavy atom. The SMILES string of the molecule is CC(=O)C12CC3CC(C1)C(CC(=O)C1(NS(=O)(=O)c4ccccc4Br)CCCCC1)C(C3)C2.O=C(O)C12CC3CC(C1)C(CC(=O)C1(NS(=O)(=O)c4ccccc4Br)CCCCC1)C(C3)C2.[Li+].[OH-]. The number of hydrogen-bond acceptors (Lipinski definition) is 9. The molecule has 10 aliphatic rings. The molecule has 4 N–H and O–H groups in total. The number of carbonyl (C=O) groups excluding carboxylic acids is 3. The normalized spacial score (nSPS) is 33.8. The van der Waals surface area contributed by atoms with Gasteiger partial charge < -0.3 is 10.6 Å². The first kappa shape index (κ1) is 54.0. The van der Waals surface area contributed by atoms with Crippen molar-refractivity contribution in [3.63, 3.8) is 0 Å². The maximum absolute atomic E-state index is 13.9. The molecule has 8 bridgehead atoms. The number of sulfonamides is 2. The zero-order valence-corrected chi connectivity index (χ0v) is 44.3. The topological polar surface area (TPSA) is 211 Å². The van der Waals surface area contributed by atoms with Crippen LogP contribution in [0.3, 0.4) is 0 Å². The molecule has 0 saturated heterocycles. The minimum absolute atomic E-state index is 0. The van der Waals surface area contributed by atoms with Crippen molar-refractivity contribution in [2.45, 2.75) is 169 Å². The average molecular weight is 1100 g/mol. The summed E-state index contributed by atoms with van der Waals surface area (Å²) in [5.41, 5.74) is -2.83. The predicted molar refractivity (Wildman–Crippen MR) is 259 cm³/mol. The van der Waals surface area contributed by atoms with Crippen LogP contribution in [-0.4, -0.2) is 61.8 Å². The number of hydrogen-bond donors (Lipinski definition) is 3. The van der Waals surface area contributed by atoms with Crippen molar-refractivity contribution in [3.05, 3.63) is 57.5 Å². The third kappa shape index (κ3) is 10.3. The average Bonchev–Trinajstić information content (AvgIpc) is 3.26. The first-order valence-corrected chi connectivity index (χ1v) is 29.2. The van der Waals surface area contributed by atoms with E-state index in [2.05, 4.69) is 41.3 Å². The Morgan fingerprint density at radius 2 is 0.912 bits per heavy atom. The van der Waals surface area contributed by atoms with Crippen molar-refractivity contribution in [2.24, 2.45) is 58.2 Å². The van der Waals surface area contributed by atoms with Crippen LogP contribution < -0.4 is 28.3 Å². The largest absolute Gasteiger partial charge is 1.00 e. The van der Waals surface area contributed by atoms with E-state index in [0.29, 0.717) is 89.8 Å². The summed E-state index contributed by atoms with van der Waals surface area (Å²) >= 11 is 6.70. The summed E-state index contributed by atoms with van der Waals surface area (Å²) in [7, 11) is -7.71. The quantitative estimate of drug-likeness (QED) is 0.163. The van der Waals surface area contributed by atoms with Crippen LogP contribution >= 0.6 is 31.9 Å². The maximum Gasteiger partial charge on any atom is 1.00 e. The smallest absolute Gasteiger partial charge is 0.870 e. The molecule has 17 heteroatoms. The Kier molecular flexibility index (Phi) is 16.4. The number of carboxylic acids is 1. The summed E-state index contributed by atoms with van der Waals surface area (Å²) < 4.78 is 60.1. The van der Waals surface area contributed by atoms with Gasteiger partial charge in [-0.1, -0.05) is 62.8 Å². The van der Waals surface area contributed by atoms with Crippen molar-refractivity contribution < 1.29 is 65.5 Å². The molecule has 0 spiro atoms. The number of aliphatic carboxylic acids is 1. The van der Waals surface area contributed by atoms with Crippen molar-refractivity contribution >= 4 is 75.2 Å². The van der Waals surface area contributed by atoms with Crippen LogP contribution in [0.2, 0.25) is 0 Å². The molecule has 368 valence electrons. The molecule has 0 radical (unpaired) electrons. The van der Waals surface area contributed by atoms with Gasteiger partial charge in [0.1, 0.15) is 5.78 Å². The molecule has 2 aromatic carbocycles. The Balaban J connectivity index is 0.000000196. The fraction of sp³-hybridized carbons (Fsp3) is 0.686. The third-order valence-electron chi connectivity index (χ3n) is 18.4.